The van der Waals surface area contributed by atoms with Crippen molar-refractivity contribution in [2.24, 2.45) is 7.05 Å². The molecular formula is C18H22N4O2S2. The summed E-state index contributed by atoms with van der Waals surface area (Å²) in [7, 11) is 0.805. The van der Waals surface area contributed by atoms with Crippen molar-refractivity contribution in [2.45, 2.75) is 24.4 Å². The van der Waals surface area contributed by atoms with Crippen LogP contribution in [0, 0.1) is 0 Å². The monoisotopic (exact) mass is 390 g/mol. The zero-order chi connectivity index (χ0) is 18.9. The van der Waals surface area contributed by atoms with Crippen LogP contribution in [0.25, 0.3) is 10.6 Å². The van der Waals surface area contributed by atoms with Gasteiger partial charge < -0.3 is 0 Å². The molecule has 3 rings (SSSR count). The third-order valence-corrected chi connectivity index (χ3v) is 6.43. The summed E-state index contributed by atoms with van der Waals surface area (Å²) in [6.45, 7) is 2.88. The Morgan fingerprint density at radius 1 is 1.27 bits per heavy atom. The van der Waals surface area contributed by atoms with Crippen LogP contribution in [0.1, 0.15) is 24.2 Å². The third-order valence-electron chi connectivity index (χ3n) is 4.36. The SMILES string of the molecule is C[C@H](c1cnn(C)c1)N(C)Cc1csc(-c2ccc(S(C)(=O)=O)cc2)n1. The Balaban J connectivity index is 1.71. The van der Waals surface area contributed by atoms with Gasteiger partial charge in [0, 0.05) is 48.6 Å². The second-order valence-corrected chi connectivity index (χ2v) is 9.35. The van der Waals surface area contributed by atoms with Gasteiger partial charge in [-0.3, -0.25) is 9.58 Å². The number of hydrogen-bond acceptors (Lipinski definition) is 6. The van der Waals surface area contributed by atoms with Crippen LogP contribution in [0.4, 0.5) is 0 Å². The van der Waals surface area contributed by atoms with E-state index < -0.39 is 9.84 Å². The first-order valence-electron chi connectivity index (χ1n) is 8.17. The highest BCUT2D eigenvalue weighted by atomic mass is 32.2. The van der Waals surface area contributed by atoms with Crippen LogP contribution in [0.2, 0.25) is 0 Å². The lowest BCUT2D eigenvalue weighted by Gasteiger charge is -2.22. The topological polar surface area (TPSA) is 68.1 Å². The van der Waals surface area contributed by atoms with Gasteiger partial charge in [-0.05, 0) is 26.1 Å². The molecular weight excluding hydrogens is 368 g/mol. The predicted molar refractivity (Wildman–Crippen MR) is 104 cm³/mol. The summed E-state index contributed by atoms with van der Waals surface area (Å²) in [6, 6.07) is 7.11. The molecule has 0 fully saturated rings. The highest BCUT2D eigenvalue weighted by molar-refractivity contribution is 7.90. The minimum Gasteiger partial charge on any atom is -0.294 e. The molecule has 0 saturated heterocycles. The van der Waals surface area contributed by atoms with Crippen LogP contribution in [0.3, 0.4) is 0 Å². The highest BCUT2D eigenvalue weighted by Crippen LogP contribution is 2.27. The van der Waals surface area contributed by atoms with E-state index in [4.69, 9.17) is 4.98 Å². The molecule has 0 spiro atoms. The van der Waals surface area contributed by atoms with Crippen LogP contribution < -0.4 is 0 Å². The molecule has 3 aromatic rings. The molecule has 8 heteroatoms. The first kappa shape index (κ1) is 18.8. The quantitative estimate of drug-likeness (QED) is 0.647. The van der Waals surface area contributed by atoms with Gasteiger partial charge in [-0.2, -0.15) is 5.10 Å². The summed E-state index contributed by atoms with van der Waals surface area (Å²) in [5, 5.41) is 7.17. The molecule has 0 amide bonds. The van der Waals surface area contributed by atoms with Gasteiger partial charge in [-0.25, -0.2) is 13.4 Å². The summed E-state index contributed by atoms with van der Waals surface area (Å²) in [5.41, 5.74) is 3.09. The Bertz CT molecular complexity index is 990. The van der Waals surface area contributed by atoms with Crippen molar-refractivity contribution >= 4 is 21.2 Å². The summed E-state index contributed by atoms with van der Waals surface area (Å²) in [6.07, 6.45) is 5.12. The van der Waals surface area contributed by atoms with E-state index >= 15 is 0 Å². The van der Waals surface area contributed by atoms with Gasteiger partial charge in [-0.1, -0.05) is 12.1 Å². The summed E-state index contributed by atoms with van der Waals surface area (Å²) in [4.78, 5) is 7.25. The lowest BCUT2D eigenvalue weighted by molar-refractivity contribution is 0.250. The smallest absolute Gasteiger partial charge is 0.175 e. The van der Waals surface area contributed by atoms with Crippen molar-refractivity contribution in [3.05, 3.63) is 53.3 Å². The van der Waals surface area contributed by atoms with Gasteiger partial charge in [0.15, 0.2) is 9.84 Å². The Labute approximate surface area is 158 Å². The normalized spacial score (nSPS) is 13.3. The summed E-state index contributed by atoms with van der Waals surface area (Å²) >= 11 is 1.57. The molecule has 1 atom stereocenters. The van der Waals surface area contributed by atoms with E-state index in [0.717, 1.165) is 22.8 Å². The molecule has 2 aromatic heterocycles. The molecule has 0 aliphatic heterocycles. The zero-order valence-corrected chi connectivity index (χ0v) is 16.9. The first-order chi connectivity index (χ1) is 12.2. The van der Waals surface area contributed by atoms with Crippen LogP contribution in [0.5, 0.6) is 0 Å². The molecule has 1 aromatic carbocycles. The average Bonchev–Trinajstić information content (AvgIpc) is 3.22. The molecule has 138 valence electrons. The number of aryl methyl sites for hydroxylation is 1. The maximum atomic E-state index is 11.6. The Morgan fingerprint density at radius 2 is 1.96 bits per heavy atom. The van der Waals surface area contributed by atoms with Gasteiger partial charge >= 0.3 is 0 Å². The van der Waals surface area contributed by atoms with Crippen molar-refractivity contribution in [3.8, 4) is 10.6 Å². The predicted octanol–water partition coefficient (Wildman–Crippen LogP) is 3.14. The molecule has 0 bridgehead atoms. The van der Waals surface area contributed by atoms with E-state index in [1.807, 2.05) is 24.8 Å². The fourth-order valence-electron chi connectivity index (χ4n) is 2.66. The zero-order valence-electron chi connectivity index (χ0n) is 15.2. The molecule has 0 unspecified atom stereocenters. The Hall–Kier alpha value is -2.03. The number of rotatable bonds is 6. The number of nitrogens with zero attached hydrogens (tertiary/aromatic N) is 4. The summed E-state index contributed by atoms with van der Waals surface area (Å²) in [5.74, 6) is 0. The van der Waals surface area contributed by atoms with E-state index in [-0.39, 0.29) is 6.04 Å². The van der Waals surface area contributed by atoms with Crippen molar-refractivity contribution in [1.82, 2.24) is 19.7 Å². The summed E-state index contributed by atoms with van der Waals surface area (Å²) < 4.78 is 24.9. The molecule has 0 saturated carbocycles. The lowest BCUT2D eigenvalue weighted by atomic mass is 10.1. The van der Waals surface area contributed by atoms with Crippen LogP contribution >= 0.6 is 11.3 Å². The van der Waals surface area contributed by atoms with Gasteiger partial charge in [0.2, 0.25) is 0 Å². The van der Waals surface area contributed by atoms with E-state index in [2.05, 4.69) is 24.0 Å². The number of thiazole rings is 1. The molecule has 0 N–H and O–H groups in total. The van der Waals surface area contributed by atoms with Crippen molar-refractivity contribution in [3.63, 3.8) is 0 Å². The highest BCUT2D eigenvalue weighted by Gasteiger charge is 2.15. The standard InChI is InChI=1S/C18H22N4O2S2/c1-13(15-9-19-22(3)10-15)21(2)11-16-12-25-18(20-16)14-5-7-17(8-6-14)26(4,23)24/h5-10,12-13H,11H2,1-4H3/t13-/m1/s1. The van der Waals surface area contributed by atoms with E-state index in [1.54, 1.807) is 40.3 Å². The van der Waals surface area contributed by atoms with Crippen molar-refractivity contribution < 1.29 is 8.42 Å². The number of hydrogen-bond donors (Lipinski definition) is 0. The Kier molecular flexibility index (Phi) is 5.27. The van der Waals surface area contributed by atoms with Gasteiger partial charge in [0.05, 0.1) is 16.8 Å². The largest absolute Gasteiger partial charge is 0.294 e. The number of aromatic nitrogens is 3. The fraction of sp³-hybridized carbons (Fsp3) is 0.333. The van der Waals surface area contributed by atoms with Gasteiger partial charge in [0.25, 0.3) is 0 Å². The van der Waals surface area contributed by atoms with E-state index in [9.17, 15) is 8.42 Å². The minimum absolute atomic E-state index is 0.239. The molecule has 6 nitrogen and oxygen atoms in total. The van der Waals surface area contributed by atoms with Gasteiger partial charge in [-0.15, -0.1) is 11.3 Å². The van der Waals surface area contributed by atoms with Crippen LogP contribution in [-0.2, 0) is 23.4 Å². The molecule has 0 aliphatic carbocycles. The first-order valence-corrected chi connectivity index (χ1v) is 10.9. The number of benzene rings is 1. The number of sulfone groups is 1. The van der Waals surface area contributed by atoms with Crippen LogP contribution in [-0.4, -0.2) is 41.4 Å². The van der Waals surface area contributed by atoms with Gasteiger partial charge in [0.1, 0.15) is 5.01 Å². The fourth-order valence-corrected chi connectivity index (χ4v) is 4.11. The lowest BCUT2D eigenvalue weighted by Crippen LogP contribution is -2.21. The van der Waals surface area contributed by atoms with E-state index in [1.165, 1.54) is 11.8 Å². The average molecular weight is 391 g/mol. The molecule has 26 heavy (non-hydrogen) atoms. The van der Waals surface area contributed by atoms with Crippen LogP contribution in [0.15, 0.2) is 46.9 Å². The molecule has 2 heterocycles. The van der Waals surface area contributed by atoms with Crippen molar-refractivity contribution in [2.75, 3.05) is 13.3 Å². The Morgan fingerprint density at radius 3 is 2.54 bits per heavy atom. The maximum Gasteiger partial charge on any atom is 0.175 e. The third kappa shape index (κ3) is 4.20. The van der Waals surface area contributed by atoms with Crippen molar-refractivity contribution in [1.29, 1.82) is 0 Å². The minimum atomic E-state index is -3.18. The second kappa shape index (κ2) is 7.30. The molecule has 0 radical (unpaired) electrons. The maximum absolute atomic E-state index is 11.6. The second-order valence-electron chi connectivity index (χ2n) is 6.48. The molecule has 0 aliphatic rings. The van der Waals surface area contributed by atoms with E-state index in [0.29, 0.717) is 4.90 Å².